The van der Waals surface area contributed by atoms with Crippen molar-refractivity contribution in [1.82, 2.24) is 24.7 Å². The topological polar surface area (TPSA) is 73.6 Å². The van der Waals surface area contributed by atoms with Crippen LogP contribution in [0.2, 0.25) is 5.15 Å². The van der Waals surface area contributed by atoms with Gasteiger partial charge in [-0.1, -0.05) is 18.0 Å². The van der Waals surface area contributed by atoms with Gasteiger partial charge in [-0.15, -0.1) is 10.2 Å². The van der Waals surface area contributed by atoms with Gasteiger partial charge in [0.05, 0.1) is 5.56 Å². The first-order valence-electron chi connectivity index (χ1n) is 6.35. The molecule has 1 aliphatic heterocycles. The van der Waals surface area contributed by atoms with E-state index in [0.29, 0.717) is 16.9 Å². The second kappa shape index (κ2) is 5.88. The smallest absolute Gasteiger partial charge is 0.197 e. The molecule has 3 rings (SSSR count). The molecule has 3 heterocycles. The molecule has 0 unspecified atom stereocenters. The van der Waals surface area contributed by atoms with Crippen molar-refractivity contribution >= 4 is 29.6 Å². The maximum Gasteiger partial charge on any atom is 0.197 e. The van der Waals surface area contributed by atoms with Gasteiger partial charge >= 0.3 is 0 Å². The van der Waals surface area contributed by atoms with Gasteiger partial charge in [0.25, 0.3) is 0 Å². The molecule has 20 heavy (non-hydrogen) atoms. The average molecular weight is 310 g/mol. The summed E-state index contributed by atoms with van der Waals surface area (Å²) in [6.45, 7) is 0.903. The summed E-state index contributed by atoms with van der Waals surface area (Å²) in [6, 6.07) is 0. The highest BCUT2D eigenvalue weighted by atomic mass is 35.5. The summed E-state index contributed by atoms with van der Waals surface area (Å²) in [6.07, 6.45) is 6.41. The predicted octanol–water partition coefficient (Wildman–Crippen LogP) is 2.41. The van der Waals surface area contributed by atoms with Crippen LogP contribution in [0.4, 0.5) is 0 Å². The Morgan fingerprint density at radius 1 is 1.25 bits per heavy atom. The third-order valence-electron chi connectivity index (χ3n) is 3.18. The van der Waals surface area contributed by atoms with Gasteiger partial charge in [0.1, 0.15) is 22.3 Å². The maximum atomic E-state index is 11.1. The summed E-state index contributed by atoms with van der Waals surface area (Å²) in [4.78, 5) is 19.0. The molecule has 0 aromatic carbocycles. The molecular formula is C12H12ClN5OS. The Kier molecular flexibility index (Phi) is 3.98. The fourth-order valence-corrected chi connectivity index (χ4v) is 3.31. The summed E-state index contributed by atoms with van der Waals surface area (Å²) in [5.74, 6) is 0.998. The lowest BCUT2D eigenvalue weighted by molar-refractivity contribution is 0.112. The van der Waals surface area contributed by atoms with Crippen molar-refractivity contribution in [2.45, 2.75) is 42.4 Å². The van der Waals surface area contributed by atoms with Crippen LogP contribution in [0.5, 0.6) is 0 Å². The molecule has 0 atom stereocenters. The van der Waals surface area contributed by atoms with E-state index in [9.17, 15) is 4.79 Å². The minimum atomic E-state index is 0.160. The summed E-state index contributed by atoms with van der Waals surface area (Å²) < 4.78 is 2.10. The van der Waals surface area contributed by atoms with Crippen molar-refractivity contribution in [3.8, 4) is 0 Å². The lowest BCUT2D eigenvalue weighted by Gasteiger charge is -2.07. The Bertz CT molecular complexity index is 645. The highest BCUT2D eigenvalue weighted by molar-refractivity contribution is 7.99. The number of aldehydes is 1. The first-order valence-corrected chi connectivity index (χ1v) is 7.54. The van der Waals surface area contributed by atoms with Crippen LogP contribution in [-0.2, 0) is 13.0 Å². The van der Waals surface area contributed by atoms with E-state index < -0.39 is 0 Å². The molecule has 0 radical (unpaired) electrons. The minimum absolute atomic E-state index is 0.160. The Labute approximate surface area is 125 Å². The fourth-order valence-electron chi connectivity index (χ4n) is 2.16. The first-order chi connectivity index (χ1) is 9.79. The average Bonchev–Trinajstić information content (AvgIpc) is 2.68. The van der Waals surface area contributed by atoms with E-state index in [-0.39, 0.29) is 5.15 Å². The number of aromatic nitrogens is 5. The van der Waals surface area contributed by atoms with Crippen LogP contribution in [-0.4, -0.2) is 31.0 Å². The third kappa shape index (κ3) is 2.55. The number of carbonyl (C=O) groups is 1. The number of hydrogen-bond acceptors (Lipinski definition) is 6. The number of fused-ring (bicyclic) bond motifs is 1. The molecule has 6 nitrogen and oxygen atoms in total. The molecule has 0 fully saturated rings. The molecule has 0 spiro atoms. The molecule has 0 N–H and O–H groups in total. The van der Waals surface area contributed by atoms with Crippen LogP contribution in [0.3, 0.4) is 0 Å². The third-order valence-corrected chi connectivity index (χ3v) is 4.48. The van der Waals surface area contributed by atoms with E-state index in [4.69, 9.17) is 11.6 Å². The Balaban J connectivity index is 1.94. The van der Waals surface area contributed by atoms with Gasteiger partial charge in [0.2, 0.25) is 0 Å². The summed E-state index contributed by atoms with van der Waals surface area (Å²) in [5, 5.41) is 9.84. The zero-order chi connectivity index (χ0) is 13.9. The second-order valence-electron chi connectivity index (χ2n) is 4.46. The van der Waals surface area contributed by atoms with Crippen molar-refractivity contribution in [1.29, 1.82) is 0 Å². The summed E-state index contributed by atoms with van der Waals surface area (Å²) in [5.41, 5.74) is 0.296. The van der Waals surface area contributed by atoms with Crippen LogP contribution >= 0.6 is 23.4 Å². The number of aryl methyl sites for hydroxylation is 1. The molecule has 1 aliphatic rings. The Morgan fingerprint density at radius 2 is 2.15 bits per heavy atom. The standard InChI is InChI=1S/C12H12ClN5OS/c13-10-8(6-19)11(15-7-14-10)20-12-17-16-9-4-2-1-3-5-18(9)12/h6-7H,1-5H2. The van der Waals surface area contributed by atoms with E-state index in [1.807, 2.05) is 0 Å². The van der Waals surface area contributed by atoms with Gasteiger partial charge in [-0.25, -0.2) is 9.97 Å². The van der Waals surface area contributed by atoms with Gasteiger partial charge in [0, 0.05) is 13.0 Å². The maximum absolute atomic E-state index is 11.1. The molecule has 0 saturated heterocycles. The highest BCUT2D eigenvalue weighted by Gasteiger charge is 2.18. The first kappa shape index (κ1) is 13.5. The Morgan fingerprint density at radius 3 is 3.00 bits per heavy atom. The van der Waals surface area contributed by atoms with E-state index in [2.05, 4.69) is 24.7 Å². The number of nitrogens with zero attached hydrogens (tertiary/aromatic N) is 5. The molecule has 0 amide bonds. The lowest BCUT2D eigenvalue weighted by Crippen LogP contribution is -2.03. The zero-order valence-electron chi connectivity index (χ0n) is 10.6. The fraction of sp³-hybridized carbons (Fsp3) is 0.417. The van der Waals surface area contributed by atoms with Crippen molar-refractivity contribution in [2.75, 3.05) is 0 Å². The van der Waals surface area contributed by atoms with E-state index in [1.165, 1.54) is 24.5 Å². The minimum Gasteiger partial charge on any atom is -0.306 e. The molecule has 0 saturated carbocycles. The molecule has 0 aliphatic carbocycles. The van der Waals surface area contributed by atoms with Crippen LogP contribution in [0, 0.1) is 0 Å². The molecule has 2 aromatic heterocycles. The number of hydrogen-bond donors (Lipinski definition) is 0. The number of carbonyl (C=O) groups excluding carboxylic acids is 1. The normalized spacial score (nSPS) is 14.7. The molecule has 104 valence electrons. The Hall–Kier alpha value is -1.47. The van der Waals surface area contributed by atoms with Crippen LogP contribution in [0.15, 0.2) is 16.5 Å². The molecule has 0 bridgehead atoms. The van der Waals surface area contributed by atoms with Crippen molar-refractivity contribution < 1.29 is 4.79 Å². The van der Waals surface area contributed by atoms with Crippen LogP contribution in [0.1, 0.15) is 35.4 Å². The van der Waals surface area contributed by atoms with Crippen molar-refractivity contribution in [3.63, 3.8) is 0 Å². The largest absolute Gasteiger partial charge is 0.306 e. The monoisotopic (exact) mass is 309 g/mol. The SMILES string of the molecule is O=Cc1c(Cl)ncnc1Sc1nnc2n1CCCCC2. The van der Waals surface area contributed by atoms with Crippen LogP contribution < -0.4 is 0 Å². The molecule has 8 heteroatoms. The van der Waals surface area contributed by atoms with E-state index in [0.717, 1.165) is 36.8 Å². The molecule has 2 aromatic rings. The quantitative estimate of drug-likeness (QED) is 0.640. The summed E-state index contributed by atoms with van der Waals surface area (Å²) >= 11 is 7.21. The van der Waals surface area contributed by atoms with E-state index >= 15 is 0 Å². The van der Waals surface area contributed by atoms with Crippen molar-refractivity contribution in [3.05, 3.63) is 22.9 Å². The molecular weight excluding hydrogens is 298 g/mol. The number of rotatable bonds is 3. The van der Waals surface area contributed by atoms with Gasteiger partial charge in [-0.05, 0) is 24.6 Å². The van der Waals surface area contributed by atoms with Gasteiger partial charge in [-0.2, -0.15) is 0 Å². The zero-order valence-corrected chi connectivity index (χ0v) is 12.2. The van der Waals surface area contributed by atoms with Gasteiger partial charge in [0.15, 0.2) is 11.4 Å². The predicted molar refractivity (Wildman–Crippen MR) is 74.1 cm³/mol. The van der Waals surface area contributed by atoms with Gasteiger partial charge < -0.3 is 4.57 Å². The summed E-state index contributed by atoms with van der Waals surface area (Å²) in [7, 11) is 0. The van der Waals surface area contributed by atoms with Crippen molar-refractivity contribution in [2.24, 2.45) is 0 Å². The van der Waals surface area contributed by atoms with Crippen LogP contribution in [0.25, 0.3) is 0 Å². The highest BCUT2D eigenvalue weighted by Crippen LogP contribution is 2.30. The second-order valence-corrected chi connectivity index (χ2v) is 5.78. The number of halogens is 1. The van der Waals surface area contributed by atoms with Gasteiger partial charge in [-0.3, -0.25) is 4.79 Å². The van der Waals surface area contributed by atoms with E-state index in [1.54, 1.807) is 0 Å². The lowest BCUT2D eigenvalue weighted by atomic mass is 10.2.